The highest BCUT2D eigenvalue weighted by atomic mass is 16.5. The lowest BCUT2D eigenvalue weighted by atomic mass is 10.2. The summed E-state index contributed by atoms with van der Waals surface area (Å²) >= 11 is 0. The molecular weight excluding hydrogens is 346 g/mol. The van der Waals surface area contributed by atoms with Gasteiger partial charge >= 0.3 is 5.97 Å². The van der Waals surface area contributed by atoms with E-state index in [2.05, 4.69) is 9.88 Å². The third-order valence-corrected chi connectivity index (χ3v) is 4.33. The lowest BCUT2D eigenvalue weighted by Gasteiger charge is -2.35. The number of carbonyl (C=O) groups excluding carboxylic acids is 2. The molecule has 1 saturated heterocycles. The van der Waals surface area contributed by atoms with Gasteiger partial charge in [-0.15, -0.1) is 0 Å². The third-order valence-electron chi connectivity index (χ3n) is 4.33. The second kappa shape index (κ2) is 9.02. The second-order valence-corrected chi connectivity index (χ2v) is 6.09. The molecular formula is C20H23N3O4. The minimum Gasteiger partial charge on any atom is -0.484 e. The van der Waals surface area contributed by atoms with Gasteiger partial charge in [0.05, 0.1) is 12.2 Å². The summed E-state index contributed by atoms with van der Waals surface area (Å²) in [5, 5.41) is 0. The predicted molar refractivity (Wildman–Crippen MR) is 101 cm³/mol. The Labute approximate surface area is 158 Å². The zero-order valence-electron chi connectivity index (χ0n) is 15.3. The first-order valence-corrected chi connectivity index (χ1v) is 9.01. The maximum Gasteiger partial charge on any atom is 0.338 e. The molecule has 0 radical (unpaired) electrons. The number of nitrogens with zero attached hydrogens (tertiary/aromatic N) is 3. The van der Waals surface area contributed by atoms with Crippen molar-refractivity contribution in [2.75, 3.05) is 44.3 Å². The summed E-state index contributed by atoms with van der Waals surface area (Å²) in [6.45, 7) is 4.84. The van der Waals surface area contributed by atoms with Gasteiger partial charge in [-0.2, -0.15) is 0 Å². The van der Waals surface area contributed by atoms with E-state index in [1.54, 1.807) is 42.3 Å². The molecule has 1 fully saturated rings. The summed E-state index contributed by atoms with van der Waals surface area (Å²) in [4.78, 5) is 32.3. The fourth-order valence-corrected chi connectivity index (χ4v) is 2.86. The number of rotatable bonds is 6. The quantitative estimate of drug-likeness (QED) is 0.725. The van der Waals surface area contributed by atoms with Crippen molar-refractivity contribution in [3.63, 3.8) is 0 Å². The van der Waals surface area contributed by atoms with E-state index >= 15 is 0 Å². The van der Waals surface area contributed by atoms with Crippen LogP contribution in [0.4, 0.5) is 5.82 Å². The highest BCUT2D eigenvalue weighted by molar-refractivity contribution is 5.89. The van der Waals surface area contributed by atoms with E-state index in [0.29, 0.717) is 31.0 Å². The van der Waals surface area contributed by atoms with Crippen LogP contribution in [0.5, 0.6) is 5.75 Å². The first-order chi connectivity index (χ1) is 13.2. The molecule has 1 aromatic heterocycles. The molecule has 1 aliphatic heterocycles. The lowest BCUT2D eigenvalue weighted by Crippen LogP contribution is -2.50. The smallest absolute Gasteiger partial charge is 0.338 e. The Bertz CT molecular complexity index is 757. The van der Waals surface area contributed by atoms with Crippen molar-refractivity contribution < 1.29 is 19.1 Å². The summed E-state index contributed by atoms with van der Waals surface area (Å²) in [6.07, 6.45) is 1.77. The summed E-state index contributed by atoms with van der Waals surface area (Å²) in [5.41, 5.74) is 0.459. The van der Waals surface area contributed by atoms with E-state index in [9.17, 15) is 9.59 Å². The number of hydrogen-bond donors (Lipinski definition) is 0. The van der Waals surface area contributed by atoms with Crippen LogP contribution in [-0.2, 0) is 9.53 Å². The number of amides is 1. The van der Waals surface area contributed by atoms with Crippen LogP contribution in [-0.4, -0.2) is 61.2 Å². The number of hydrogen-bond acceptors (Lipinski definition) is 6. The molecule has 7 nitrogen and oxygen atoms in total. The van der Waals surface area contributed by atoms with E-state index in [1.807, 2.05) is 18.2 Å². The Balaban J connectivity index is 1.45. The van der Waals surface area contributed by atoms with Gasteiger partial charge in [-0.05, 0) is 43.3 Å². The minimum absolute atomic E-state index is 0.0255. The number of benzene rings is 1. The van der Waals surface area contributed by atoms with Gasteiger partial charge in [0.15, 0.2) is 6.61 Å². The molecule has 0 atom stereocenters. The van der Waals surface area contributed by atoms with Gasteiger partial charge in [-0.3, -0.25) is 4.79 Å². The molecule has 0 bridgehead atoms. The second-order valence-electron chi connectivity index (χ2n) is 6.09. The molecule has 7 heteroatoms. The van der Waals surface area contributed by atoms with E-state index in [4.69, 9.17) is 9.47 Å². The van der Waals surface area contributed by atoms with E-state index < -0.39 is 0 Å². The van der Waals surface area contributed by atoms with Gasteiger partial charge in [-0.25, -0.2) is 9.78 Å². The molecule has 2 heterocycles. The molecule has 3 rings (SSSR count). The van der Waals surface area contributed by atoms with Gasteiger partial charge in [0.1, 0.15) is 11.6 Å². The highest BCUT2D eigenvalue weighted by Crippen LogP contribution is 2.15. The Morgan fingerprint density at radius 2 is 1.78 bits per heavy atom. The topological polar surface area (TPSA) is 72.0 Å². The van der Waals surface area contributed by atoms with Gasteiger partial charge in [-0.1, -0.05) is 6.07 Å². The number of carbonyl (C=O) groups is 2. The van der Waals surface area contributed by atoms with Crippen molar-refractivity contribution in [1.82, 2.24) is 9.88 Å². The summed E-state index contributed by atoms with van der Waals surface area (Å²) in [6, 6.07) is 12.4. The molecule has 0 unspecified atom stereocenters. The van der Waals surface area contributed by atoms with Crippen LogP contribution in [0.3, 0.4) is 0 Å². The molecule has 1 amide bonds. The number of anilines is 1. The largest absolute Gasteiger partial charge is 0.484 e. The van der Waals surface area contributed by atoms with Crippen molar-refractivity contribution in [3.05, 3.63) is 54.2 Å². The van der Waals surface area contributed by atoms with Crippen LogP contribution in [0.15, 0.2) is 48.7 Å². The Morgan fingerprint density at radius 3 is 2.41 bits per heavy atom. The van der Waals surface area contributed by atoms with Crippen LogP contribution < -0.4 is 9.64 Å². The first-order valence-electron chi connectivity index (χ1n) is 9.01. The van der Waals surface area contributed by atoms with Gasteiger partial charge < -0.3 is 19.3 Å². The standard InChI is InChI=1S/C20H23N3O4/c1-2-26-20(25)16-6-8-17(9-7-16)27-15-19(24)23-13-11-22(12-14-23)18-5-3-4-10-21-18/h3-10H,2,11-15H2,1H3. The zero-order valence-corrected chi connectivity index (χ0v) is 15.3. The van der Waals surface area contributed by atoms with Gasteiger partial charge in [0.2, 0.25) is 0 Å². The van der Waals surface area contributed by atoms with Crippen molar-refractivity contribution in [1.29, 1.82) is 0 Å². The number of aromatic nitrogens is 1. The maximum absolute atomic E-state index is 12.4. The Morgan fingerprint density at radius 1 is 1.04 bits per heavy atom. The minimum atomic E-state index is -0.370. The summed E-state index contributed by atoms with van der Waals surface area (Å²) < 4.78 is 10.5. The zero-order chi connectivity index (χ0) is 19.1. The van der Waals surface area contributed by atoms with E-state index in [0.717, 1.165) is 18.9 Å². The fourth-order valence-electron chi connectivity index (χ4n) is 2.86. The van der Waals surface area contributed by atoms with Crippen LogP contribution in [0.25, 0.3) is 0 Å². The van der Waals surface area contributed by atoms with Crippen molar-refractivity contribution in [2.24, 2.45) is 0 Å². The van der Waals surface area contributed by atoms with Crippen molar-refractivity contribution in [2.45, 2.75) is 6.92 Å². The van der Waals surface area contributed by atoms with Gasteiger partial charge in [0, 0.05) is 32.4 Å². The third kappa shape index (κ3) is 4.97. The molecule has 1 aromatic carbocycles. The summed E-state index contributed by atoms with van der Waals surface area (Å²) in [7, 11) is 0. The average molecular weight is 369 g/mol. The Hall–Kier alpha value is -3.09. The molecule has 0 saturated carbocycles. The maximum atomic E-state index is 12.4. The van der Waals surface area contributed by atoms with Crippen LogP contribution >= 0.6 is 0 Å². The highest BCUT2D eigenvalue weighted by Gasteiger charge is 2.22. The van der Waals surface area contributed by atoms with Crippen molar-refractivity contribution in [3.8, 4) is 5.75 Å². The van der Waals surface area contributed by atoms with Crippen LogP contribution in [0.1, 0.15) is 17.3 Å². The molecule has 27 heavy (non-hydrogen) atoms. The first kappa shape index (κ1) is 18.7. The number of ether oxygens (including phenoxy) is 2. The van der Waals surface area contributed by atoms with Crippen LogP contribution in [0.2, 0.25) is 0 Å². The average Bonchev–Trinajstić information content (AvgIpc) is 2.73. The molecule has 142 valence electrons. The normalized spacial score (nSPS) is 14.0. The number of esters is 1. The molecule has 1 aliphatic rings. The van der Waals surface area contributed by atoms with Gasteiger partial charge in [0.25, 0.3) is 5.91 Å². The molecule has 0 N–H and O–H groups in total. The number of piperazine rings is 1. The molecule has 0 spiro atoms. The van der Waals surface area contributed by atoms with Crippen LogP contribution in [0, 0.1) is 0 Å². The molecule has 0 aliphatic carbocycles. The SMILES string of the molecule is CCOC(=O)c1ccc(OCC(=O)N2CCN(c3ccccn3)CC2)cc1. The predicted octanol–water partition coefficient (Wildman–Crippen LogP) is 1.99. The van der Waals surface area contributed by atoms with Crippen molar-refractivity contribution >= 4 is 17.7 Å². The Kier molecular flexibility index (Phi) is 6.25. The van der Waals surface area contributed by atoms with E-state index in [-0.39, 0.29) is 18.5 Å². The monoisotopic (exact) mass is 369 g/mol. The fraction of sp³-hybridized carbons (Fsp3) is 0.350. The number of pyridine rings is 1. The van der Waals surface area contributed by atoms with E-state index in [1.165, 1.54) is 0 Å². The summed E-state index contributed by atoms with van der Waals surface area (Å²) in [5.74, 6) is 1.06. The molecule has 2 aromatic rings. The lowest BCUT2D eigenvalue weighted by molar-refractivity contribution is -0.133.